The van der Waals surface area contributed by atoms with Crippen LogP contribution in [0, 0.1) is 4.77 Å². The zero-order chi connectivity index (χ0) is 21.8. The number of nitrogens with one attached hydrogen (secondary N) is 2. The highest BCUT2D eigenvalue weighted by atomic mass is 32.1. The van der Waals surface area contributed by atoms with E-state index in [4.69, 9.17) is 17.0 Å². The molecule has 3 aromatic carbocycles. The Hall–Kier alpha value is -3.71. The first kappa shape index (κ1) is 20.6. The molecule has 0 fully saturated rings. The van der Waals surface area contributed by atoms with Crippen LogP contribution >= 0.6 is 12.2 Å². The molecule has 6 nitrogen and oxygen atoms in total. The molecule has 0 saturated carbocycles. The molecular weight excluding hydrogens is 410 g/mol. The lowest BCUT2D eigenvalue weighted by atomic mass is 10.1. The minimum atomic E-state index is -0.250. The van der Waals surface area contributed by atoms with Gasteiger partial charge in [-0.15, -0.1) is 0 Å². The molecule has 156 valence electrons. The van der Waals surface area contributed by atoms with E-state index in [0.717, 1.165) is 12.0 Å². The lowest BCUT2D eigenvalue weighted by molar-refractivity contribution is 0.0954. The van der Waals surface area contributed by atoms with E-state index in [-0.39, 0.29) is 16.2 Å². The fraction of sp³-hybridized carbons (Fsp3) is 0.125. The fourth-order valence-electron chi connectivity index (χ4n) is 3.39. The van der Waals surface area contributed by atoms with Crippen LogP contribution < -0.4 is 15.6 Å². The van der Waals surface area contributed by atoms with Gasteiger partial charge in [0, 0.05) is 12.1 Å². The summed E-state index contributed by atoms with van der Waals surface area (Å²) in [5.74, 6) is 0.492. The van der Waals surface area contributed by atoms with Gasteiger partial charge in [0.2, 0.25) is 0 Å². The van der Waals surface area contributed by atoms with Gasteiger partial charge in [0.25, 0.3) is 11.5 Å². The van der Waals surface area contributed by atoms with Crippen LogP contribution in [0.4, 0.5) is 0 Å². The van der Waals surface area contributed by atoms with Crippen molar-refractivity contribution in [2.75, 3.05) is 13.7 Å². The van der Waals surface area contributed by atoms with Gasteiger partial charge in [-0.05, 0) is 66.7 Å². The largest absolute Gasteiger partial charge is 0.497 e. The molecule has 0 aliphatic heterocycles. The van der Waals surface area contributed by atoms with Gasteiger partial charge in [0.05, 0.1) is 23.7 Å². The Balaban J connectivity index is 1.58. The van der Waals surface area contributed by atoms with Gasteiger partial charge in [-0.2, -0.15) is 0 Å². The average Bonchev–Trinajstić information content (AvgIpc) is 2.80. The molecule has 0 atom stereocenters. The van der Waals surface area contributed by atoms with Crippen molar-refractivity contribution in [3.63, 3.8) is 0 Å². The minimum Gasteiger partial charge on any atom is -0.497 e. The van der Waals surface area contributed by atoms with Crippen molar-refractivity contribution in [2.24, 2.45) is 0 Å². The molecule has 4 aromatic rings. The van der Waals surface area contributed by atoms with Gasteiger partial charge in [-0.25, -0.2) is 0 Å². The topological polar surface area (TPSA) is 76.1 Å². The molecule has 31 heavy (non-hydrogen) atoms. The Morgan fingerprint density at radius 2 is 1.81 bits per heavy atom. The lowest BCUT2D eigenvalue weighted by Gasteiger charge is -2.10. The predicted octanol–water partition coefficient (Wildman–Crippen LogP) is 4.03. The van der Waals surface area contributed by atoms with Crippen LogP contribution in [0.2, 0.25) is 0 Å². The summed E-state index contributed by atoms with van der Waals surface area (Å²) in [5.41, 5.74) is 2.53. The first-order valence-electron chi connectivity index (χ1n) is 9.82. The summed E-state index contributed by atoms with van der Waals surface area (Å²) >= 11 is 5.42. The highest BCUT2D eigenvalue weighted by Gasteiger charge is 2.11. The van der Waals surface area contributed by atoms with Crippen molar-refractivity contribution < 1.29 is 9.53 Å². The Morgan fingerprint density at radius 1 is 1.06 bits per heavy atom. The van der Waals surface area contributed by atoms with Crippen molar-refractivity contribution >= 4 is 29.0 Å². The van der Waals surface area contributed by atoms with E-state index in [1.165, 1.54) is 4.57 Å². The van der Waals surface area contributed by atoms with Crippen molar-refractivity contribution in [3.05, 3.63) is 99.0 Å². The molecule has 7 heteroatoms. The maximum atomic E-state index is 13.1. The molecule has 0 unspecified atom stereocenters. The van der Waals surface area contributed by atoms with Crippen LogP contribution in [-0.2, 0) is 6.42 Å². The van der Waals surface area contributed by atoms with Gasteiger partial charge in [-0.3, -0.25) is 14.2 Å². The molecule has 1 amide bonds. The number of ether oxygens (including phenoxy) is 1. The highest BCUT2D eigenvalue weighted by Crippen LogP contribution is 2.16. The number of methoxy groups -OCH3 is 1. The lowest BCUT2D eigenvalue weighted by Crippen LogP contribution is -2.26. The van der Waals surface area contributed by atoms with Gasteiger partial charge >= 0.3 is 0 Å². The van der Waals surface area contributed by atoms with E-state index >= 15 is 0 Å². The number of aromatic nitrogens is 2. The number of fused-ring (bicyclic) bond motifs is 1. The summed E-state index contributed by atoms with van der Waals surface area (Å²) < 4.78 is 6.85. The smallest absolute Gasteiger partial charge is 0.266 e. The molecule has 2 N–H and O–H groups in total. The van der Waals surface area contributed by atoms with Crippen molar-refractivity contribution in [2.45, 2.75) is 6.42 Å². The van der Waals surface area contributed by atoms with E-state index in [1.807, 2.05) is 30.3 Å². The molecule has 0 spiro atoms. The third-order valence-corrected chi connectivity index (χ3v) is 5.32. The first-order chi connectivity index (χ1) is 15.1. The molecule has 0 aliphatic rings. The van der Waals surface area contributed by atoms with Crippen LogP contribution in [0.5, 0.6) is 5.75 Å². The summed E-state index contributed by atoms with van der Waals surface area (Å²) in [4.78, 5) is 28.7. The molecular formula is C24H21N3O3S. The first-order valence-corrected chi connectivity index (χ1v) is 10.2. The molecule has 0 bridgehead atoms. The van der Waals surface area contributed by atoms with Crippen molar-refractivity contribution in [1.82, 2.24) is 14.9 Å². The van der Waals surface area contributed by atoms with E-state index in [0.29, 0.717) is 34.4 Å². The standard InChI is InChI=1S/C24H21N3O3S/c1-30-19-10-8-18(9-11-19)27-23(29)20-12-7-17(15-21(20)26-24(27)31)22(28)25-14-13-16-5-3-2-4-6-16/h2-12,15H,13-14H2,1H3,(H,25,28)(H,26,31). The second-order valence-electron chi connectivity index (χ2n) is 7.02. The number of aromatic amines is 1. The van der Waals surface area contributed by atoms with Gasteiger partial charge < -0.3 is 15.0 Å². The number of H-pyrrole nitrogens is 1. The summed E-state index contributed by atoms with van der Waals surface area (Å²) in [6.07, 6.45) is 0.745. The molecule has 1 aromatic heterocycles. The van der Waals surface area contributed by atoms with Gasteiger partial charge in [-0.1, -0.05) is 30.3 Å². The van der Waals surface area contributed by atoms with Crippen LogP contribution in [0.25, 0.3) is 16.6 Å². The van der Waals surface area contributed by atoms with Crippen LogP contribution in [0.1, 0.15) is 15.9 Å². The maximum absolute atomic E-state index is 13.1. The Bertz CT molecular complexity index is 1340. The third kappa shape index (κ3) is 4.41. The van der Waals surface area contributed by atoms with Crippen LogP contribution in [0.3, 0.4) is 0 Å². The quantitative estimate of drug-likeness (QED) is 0.452. The Morgan fingerprint density at radius 3 is 2.52 bits per heavy atom. The van der Waals surface area contributed by atoms with E-state index in [1.54, 1.807) is 49.6 Å². The average molecular weight is 432 g/mol. The number of benzene rings is 3. The van der Waals surface area contributed by atoms with Gasteiger partial charge in [0.15, 0.2) is 4.77 Å². The van der Waals surface area contributed by atoms with Crippen molar-refractivity contribution in [3.8, 4) is 11.4 Å². The predicted molar refractivity (Wildman–Crippen MR) is 124 cm³/mol. The van der Waals surface area contributed by atoms with Crippen LogP contribution in [-0.4, -0.2) is 29.1 Å². The maximum Gasteiger partial charge on any atom is 0.266 e. The monoisotopic (exact) mass is 431 g/mol. The normalized spacial score (nSPS) is 10.7. The number of hydrogen-bond donors (Lipinski definition) is 2. The zero-order valence-corrected chi connectivity index (χ0v) is 17.7. The second-order valence-corrected chi connectivity index (χ2v) is 7.41. The number of nitrogens with zero attached hydrogens (tertiary/aromatic N) is 1. The number of amides is 1. The van der Waals surface area contributed by atoms with Gasteiger partial charge in [0.1, 0.15) is 5.75 Å². The Kier molecular flexibility index (Phi) is 5.95. The van der Waals surface area contributed by atoms with E-state index in [9.17, 15) is 9.59 Å². The summed E-state index contributed by atoms with van der Waals surface area (Å²) in [6, 6.07) is 22.0. The second kappa shape index (κ2) is 8.97. The minimum absolute atomic E-state index is 0.198. The molecule has 0 aliphatic carbocycles. The summed E-state index contributed by atoms with van der Waals surface area (Å²) in [7, 11) is 1.58. The molecule has 1 heterocycles. The van der Waals surface area contributed by atoms with Crippen molar-refractivity contribution in [1.29, 1.82) is 0 Å². The molecule has 0 saturated heterocycles. The number of rotatable bonds is 6. The van der Waals surface area contributed by atoms with Crippen LogP contribution in [0.15, 0.2) is 77.6 Å². The summed E-state index contributed by atoms with van der Waals surface area (Å²) in [6.45, 7) is 0.524. The highest BCUT2D eigenvalue weighted by molar-refractivity contribution is 7.71. The number of carbonyl (C=O) groups is 1. The van der Waals surface area contributed by atoms with E-state index < -0.39 is 0 Å². The third-order valence-electron chi connectivity index (χ3n) is 5.03. The fourth-order valence-corrected chi connectivity index (χ4v) is 3.69. The Labute approximate surface area is 184 Å². The summed E-state index contributed by atoms with van der Waals surface area (Å²) in [5, 5.41) is 3.36. The zero-order valence-electron chi connectivity index (χ0n) is 16.9. The molecule has 4 rings (SSSR count). The SMILES string of the molecule is COc1ccc(-n2c(=S)[nH]c3cc(C(=O)NCCc4ccccc4)ccc3c2=O)cc1. The number of carbonyl (C=O) groups excluding carboxylic acids is 1. The van der Waals surface area contributed by atoms with E-state index in [2.05, 4.69) is 10.3 Å². The molecule has 0 radical (unpaired) electrons. The number of hydrogen-bond acceptors (Lipinski definition) is 4.